The number of allylic oxidation sites excluding steroid dienone is 1. The number of amides is 2. The van der Waals surface area contributed by atoms with Crippen LogP contribution in [-0.4, -0.2) is 41.4 Å². The number of hydrogen-bond acceptors (Lipinski definition) is 6. The van der Waals surface area contributed by atoms with E-state index in [-0.39, 0.29) is 17.7 Å². The van der Waals surface area contributed by atoms with E-state index in [2.05, 4.69) is 24.8 Å². The predicted octanol–water partition coefficient (Wildman–Crippen LogP) is 4.33. The molecule has 0 bridgehead atoms. The Morgan fingerprint density at radius 1 is 1.18 bits per heavy atom. The van der Waals surface area contributed by atoms with E-state index >= 15 is 0 Å². The van der Waals surface area contributed by atoms with Crippen molar-refractivity contribution in [1.82, 2.24) is 15.3 Å². The zero-order valence-electron chi connectivity index (χ0n) is 19.7. The lowest BCUT2D eigenvalue weighted by Crippen LogP contribution is -2.47. The topological polar surface area (TPSA) is 79.9 Å². The highest BCUT2D eigenvalue weighted by Crippen LogP contribution is 2.27. The highest BCUT2D eigenvalue weighted by atomic mass is 32.2. The van der Waals surface area contributed by atoms with E-state index < -0.39 is 18.1 Å². The molecule has 0 saturated carbocycles. The molecule has 2 N–H and O–H groups in total. The lowest BCUT2D eigenvalue weighted by molar-refractivity contribution is -0.203. The van der Waals surface area contributed by atoms with Gasteiger partial charge in [-0.25, -0.2) is 10.3 Å². The van der Waals surface area contributed by atoms with Crippen molar-refractivity contribution in [3.05, 3.63) is 42.0 Å². The summed E-state index contributed by atoms with van der Waals surface area (Å²) < 4.78 is 7.45. The minimum Gasteiger partial charge on any atom is -0.350 e. The molecule has 3 rings (SSSR count). The van der Waals surface area contributed by atoms with Crippen LogP contribution in [0.15, 0.2) is 36.4 Å². The summed E-state index contributed by atoms with van der Waals surface area (Å²) in [5.74, 6) is -0.153. The number of rotatable bonds is 11. The molecule has 182 valence electrons. The number of nitrogens with one attached hydrogen (secondary N) is 2. The smallest absolute Gasteiger partial charge is 0.247 e. The van der Waals surface area contributed by atoms with Crippen LogP contribution in [-0.2, 0) is 19.2 Å². The van der Waals surface area contributed by atoms with Gasteiger partial charge < -0.3 is 4.74 Å². The molecule has 2 saturated heterocycles. The maximum absolute atomic E-state index is 13.3. The third-order valence-corrected chi connectivity index (χ3v) is 6.86. The summed E-state index contributed by atoms with van der Waals surface area (Å²) in [5, 5.41) is 0. The Morgan fingerprint density at radius 3 is 2.67 bits per heavy atom. The van der Waals surface area contributed by atoms with E-state index in [1.807, 2.05) is 46.9 Å². The summed E-state index contributed by atoms with van der Waals surface area (Å²) in [6.45, 7) is 5.60. The Hall–Kier alpha value is -1.87. The molecule has 0 spiro atoms. The van der Waals surface area contributed by atoms with Gasteiger partial charge in [-0.3, -0.25) is 15.0 Å². The lowest BCUT2D eigenvalue weighted by Gasteiger charge is -2.29. The molecule has 1 unspecified atom stereocenters. The van der Waals surface area contributed by atoms with Crippen LogP contribution >= 0.6 is 11.9 Å². The SMILES string of the molecule is CC(C)CC(C(=O)NN1CCCS1)[C@@H](CC=Cc1ccccc1)C(=O)NO[C@H]1CCCCO1. The highest BCUT2D eigenvalue weighted by Gasteiger charge is 2.35. The first-order valence-corrected chi connectivity index (χ1v) is 13.0. The molecule has 2 amide bonds. The fourth-order valence-electron chi connectivity index (χ4n) is 4.08. The molecule has 0 aliphatic carbocycles. The summed E-state index contributed by atoms with van der Waals surface area (Å²) in [7, 11) is 0. The van der Waals surface area contributed by atoms with Gasteiger partial charge in [0.25, 0.3) is 0 Å². The third kappa shape index (κ3) is 8.77. The summed E-state index contributed by atoms with van der Waals surface area (Å²) in [6.07, 6.45) is 8.39. The molecule has 7 nitrogen and oxygen atoms in total. The Balaban J connectivity index is 1.72. The molecule has 0 radical (unpaired) electrons. The molecule has 2 aliphatic rings. The van der Waals surface area contributed by atoms with Crippen LogP contribution < -0.4 is 10.9 Å². The Labute approximate surface area is 201 Å². The van der Waals surface area contributed by atoms with Crippen molar-refractivity contribution in [2.24, 2.45) is 17.8 Å². The van der Waals surface area contributed by atoms with Gasteiger partial charge in [0.05, 0.1) is 11.8 Å². The molecular weight excluding hydrogens is 438 g/mol. The van der Waals surface area contributed by atoms with Crippen molar-refractivity contribution in [3.63, 3.8) is 0 Å². The molecule has 2 heterocycles. The minimum atomic E-state index is -0.552. The number of benzene rings is 1. The van der Waals surface area contributed by atoms with Crippen LogP contribution in [0, 0.1) is 17.8 Å². The van der Waals surface area contributed by atoms with Gasteiger partial charge in [-0.15, -0.1) is 0 Å². The molecule has 3 atom stereocenters. The Morgan fingerprint density at radius 2 is 2.00 bits per heavy atom. The molecule has 33 heavy (non-hydrogen) atoms. The average molecular weight is 476 g/mol. The van der Waals surface area contributed by atoms with Gasteiger partial charge in [0.15, 0.2) is 6.29 Å². The molecule has 8 heteroatoms. The van der Waals surface area contributed by atoms with Crippen molar-refractivity contribution < 1.29 is 19.2 Å². The van der Waals surface area contributed by atoms with E-state index in [9.17, 15) is 9.59 Å². The number of nitrogens with zero attached hydrogens (tertiary/aromatic N) is 1. The van der Waals surface area contributed by atoms with Crippen LogP contribution in [0.1, 0.15) is 57.9 Å². The summed E-state index contributed by atoms with van der Waals surface area (Å²) in [4.78, 5) is 32.1. The van der Waals surface area contributed by atoms with E-state index in [4.69, 9.17) is 9.57 Å². The number of hydrazine groups is 1. The second-order valence-electron chi connectivity index (χ2n) is 9.04. The molecule has 0 aromatic heterocycles. The second kappa shape index (κ2) is 13.7. The van der Waals surface area contributed by atoms with E-state index in [1.54, 1.807) is 11.9 Å². The molecule has 2 fully saturated rings. The fourth-order valence-corrected chi connectivity index (χ4v) is 4.97. The monoisotopic (exact) mass is 475 g/mol. The van der Waals surface area contributed by atoms with Gasteiger partial charge in [-0.1, -0.05) is 68.3 Å². The van der Waals surface area contributed by atoms with Gasteiger partial charge in [-0.05, 0) is 43.6 Å². The first-order chi connectivity index (χ1) is 16.0. The minimum absolute atomic E-state index is 0.111. The maximum Gasteiger partial charge on any atom is 0.247 e. The van der Waals surface area contributed by atoms with E-state index in [1.165, 1.54) is 0 Å². The van der Waals surface area contributed by atoms with Gasteiger partial charge in [0.1, 0.15) is 0 Å². The van der Waals surface area contributed by atoms with Gasteiger partial charge in [0.2, 0.25) is 11.8 Å². The van der Waals surface area contributed by atoms with Gasteiger partial charge in [-0.2, -0.15) is 4.41 Å². The van der Waals surface area contributed by atoms with E-state index in [0.717, 1.165) is 43.5 Å². The third-order valence-electron chi connectivity index (χ3n) is 5.80. The van der Waals surface area contributed by atoms with Crippen molar-refractivity contribution in [1.29, 1.82) is 0 Å². The Bertz CT molecular complexity index is 762. The first-order valence-electron chi connectivity index (χ1n) is 12.0. The van der Waals surface area contributed by atoms with Crippen LogP contribution in [0.2, 0.25) is 0 Å². The summed E-state index contributed by atoms with van der Waals surface area (Å²) >= 11 is 1.62. The summed E-state index contributed by atoms with van der Waals surface area (Å²) in [5.41, 5.74) is 6.69. The summed E-state index contributed by atoms with van der Waals surface area (Å²) in [6, 6.07) is 9.95. The molecule has 1 aromatic carbocycles. The maximum atomic E-state index is 13.3. The normalized spacial score (nSPS) is 21.2. The number of ether oxygens (including phenoxy) is 1. The Kier molecular flexibility index (Phi) is 10.7. The number of hydroxylamine groups is 1. The van der Waals surface area contributed by atoms with Gasteiger partial charge in [0, 0.05) is 25.3 Å². The highest BCUT2D eigenvalue weighted by molar-refractivity contribution is 7.97. The van der Waals surface area contributed by atoms with Crippen LogP contribution in [0.25, 0.3) is 6.08 Å². The van der Waals surface area contributed by atoms with Crippen molar-refractivity contribution in [2.75, 3.05) is 18.9 Å². The van der Waals surface area contributed by atoms with Crippen molar-refractivity contribution >= 4 is 29.8 Å². The quantitative estimate of drug-likeness (QED) is 0.366. The molecular formula is C25H37N3O4S. The molecule has 2 aliphatic heterocycles. The lowest BCUT2D eigenvalue weighted by atomic mass is 9.82. The number of hydrogen-bond donors (Lipinski definition) is 2. The van der Waals surface area contributed by atoms with Gasteiger partial charge >= 0.3 is 0 Å². The first kappa shape index (κ1) is 25.7. The van der Waals surface area contributed by atoms with Crippen LogP contribution in [0.4, 0.5) is 0 Å². The van der Waals surface area contributed by atoms with Crippen molar-refractivity contribution in [2.45, 2.75) is 58.7 Å². The zero-order chi connectivity index (χ0) is 23.5. The second-order valence-corrected chi connectivity index (χ2v) is 10.1. The van der Waals surface area contributed by atoms with Crippen molar-refractivity contribution in [3.8, 4) is 0 Å². The van der Waals surface area contributed by atoms with Crippen LogP contribution in [0.3, 0.4) is 0 Å². The predicted molar refractivity (Wildman–Crippen MR) is 131 cm³/mol. The number of carbonyl (C=O) groups is 2. The largest absolute Gasteiger partial charge is 0.350 e. The van der Waals surface area contributed by atoms with E-state index in [0.29, 0.717) is 19.4 Å². The standard InChI is InChI=1S/C25H37N3O4S/c1-19(2)18-22(24(29)26-28-15-9-17-33-28)21(13-8-12-20-10-4-3-5-11-20)25(30)27-32-23-14-6-7-16-31-23/h3-5,8,10-12,19,21-23H,6-7,9,13-18H2,1-2H3,(H,26,29)(H,27,30)/t21-,22?,23+/m1/s1. The average Bonchev–Trinajstić information content (AvgIpc) is 3.33. The zero-order valence-corrected chi connectivity index (χ0v) is 20.5. The molecule has 1 aromatic rings. The number of carbonyl (C=O) groups excluding carboxylic acids is 2. The fraction of sp³-hybridized carbons (Fsp3) is 0.600. The van der Waals surface area contributed by atoms with Crippen LogP contribution in [0.5, 0.6) is 0 Å².